The van der Waals surface area contributed by atoms with Crippen molar-refractivity contribution in [3.05, 3.63) is 11.6 Å². The number of alkyl carbamates (subject to hydrolysis) is 1. The number of hydrogen-bond donors (Lipinski definition) is 1. The van der Waals surface area contributed by atoms with Gasteiger partial charge in [-0.2, -0.15) is 0 Å². The van der Waals surface area contributed by atoms with E-state index in [0.717, 1.165) is 74.2 Å². The third kappa shape index (κ3) is 9.03. The fraction of sp³-hybridized carbons (Fsp3) is 0.921. The first kappa shape index (κ1) is 35.7. The summed E-state index contributed by atoms with van der Waals surface area (Å²) in [4.78, 5) is 12.6. The first-order chi connectivity index (χ1) is 21.2. The van der Waals surface area contributed by atoms with Crippen molar-refractivity contribution in [2.75, 3.05) is 46.2 Å². The third-order valence-electron chi connectivity index (χ3n) is 12.4. The van der Waals surface area contributed by atoms with E-state index in [2.05, 4.69) is 52.9 Å². The van der Waals surface area contributed by atoms with Gasteiger partial charge in [-0.3, -0.25) is 0 Å². The maximum absolute atomic E-state index is 12.6. The van der Waals surface area contributed by atoms with Gasteiger partial charge in [0.1, 0.15) is 6.10 Å². The highest BCUT2D eigenvalue weighted by Crippen LogP contribution is 2.67. The molecule has 0 heterocycles. The van der Waals surface area contributed by atoms with Crippen LogP contribution in [-0.2, 0) is 18.9 Å². The van der Waals surface area contributed by atoms with E-state index in [1.54, 1.807) is 5.57 Å². The fourth-order valence-corrected chi connectivity index (χ4v) is 10.00. The Kier molecular flexibility index (Phi) is 13.9. The molecule has 4 unspecified atom stereocenters. The lowest BCUT2D eigenvalue weighted by Gasteiger charge is -2.58. The summed E-state index contributed by atoms with van der Waals surface area (Å²) in [5.41, 5.74) is 2.39. The Morgan fingerprint density at radius 3 is 2.34 bits per heavy atom. The Hall–Kier alpha value is -1.11. The standard InChI is InChI=1S/C38H67NO5/c1-7-21-41-23-25-43-26-24-42-22-9-20-39-36(40)44-31-16-18-37(5)30(27-31)12-13-32-34-15-14-33(29(4)11-8-10-28(2)3)38(34,6)19-17-35(32)37/h12,28-29,31-35H,7-11,13-27H2,1-6H3,(H,39,40)/t29-,31+,32?,33?,34?,35?,37+,38-/m1/s1. The molecular formula is C38H67NO5. The van der Waals surface area contributed by atoms with Crippen LogP contribution in [0.1, 0.15) is 125 Å². The van der Waals surface area contributed by atoms with Gasteiger partial charge in [-0.25, -0.2) is 4.79 Å². The second-order valence-electron chi connectivity index (χ2n) is 15.7. The molecule has 6 heteroatoms. The van der Waals surface area contributed by atoms with Crippen molar-refractivity contribution in [1.82, 2.24) is 5.32 Å². The maximum atomic E-state index is 12.6. The minimum atomic E-state index is -0.281. The Bertz CT molecular complexity index is 906. The van der Waals surface area contributed by atoms with E-state index in [-0.39, 0.29) is 17.6 Å². The summed E-state index contributed by atoms with van der Waals surface area (Å²) in [7, 11) is 0. The van der Waals surface area contributed by atoms with Gasteiger partial charge < -0.3 is 24.3 Å². The van der Waals surface area contributed by atoms with Crippen molar-refractivity contribution in [3.63, 3.8) is 0 Å². The summed E-state index contributed by atoms with van der Waals surface area (Å²) in [5.74, 6) is 5.11. The van der Waals surface area contributed by atoms with E-state index in [9.17, 15) is 4.79 Å². The molecule has 4 rings (SSSR count). The summed E-state index contributed by atoms with van der Waals surface area (Å²) >= 11 is 0. The SMILES string of the molecule is CCCOCCOCCOCCCNC(=O)O[C@H]1CC[C@@]2(C)C(=CCC3C4CCC([C@H](C)CCCC(C)C)[C@@]4(C)CCC32)C1. The van der Waals surface area contributed by atoms with E-state index in [1.807, 2.05) is 0 Å². The summed E-state index contributed by atoms with van der Waals surface area (Å²) in [6.07, 6.45) is 18.3. The number of ether oxygens (including phenoxy) is 4. The summed E-state index contributed by atoms with van der Waals surface area (Å²) in [5, 5.41) is 2.94. The van der Waals surface area contributed by atoms with Crippen molar-refractivity contribution in [2.24, 2.45) is 46.3 Å². The van der Waals surface area contributed by atoms with Crippen LogP contribution in [0.3, 0.4) is 0 Å². The average molecular weight is 618 g/mol. The molecule has 44 heavy (non-hydrogen) atoms. The van der Waals surface area contributed by atoms with Crippen LogP contribution >= 0.6 is 0 Å². The van der Waals surface area contributed by atoms with Gasteiger partial charge in [-0.15, -0.1) is 0 Å². The van der Waals surface area contributed by atoms with Crippen LogP contribution in [0.15, 0.2) is 11.6 Å². The minimum Gasteiger partial charge on any atom is -0.446 e. The lowest BCUT2D eigenvalue weighted by Crippen LogP contribution is -2.51. The third-order valence-corrected chi connectivity index (χ3v) is 12.4. The Morgan fingerprint density at radius 2 is 1.61 bits per heavy atom. The molecule has 6 nitrogen and oxygen atoms in total. The number of nitrogens with one attached hydrogen (secondary N) is 1. The molecule has 1 amide bonds. The number of carbonyl (C=O) groups is 1. The molecule has 0 aromatic carbocycles. The van der Waals surface area contributed by atoms with Gasteiger partial charge in [0, 0.05) is 26.2 Å². The molecule has 8 atom stereocenters. The number of rotatable bonds is 18. The van der Waals surface area contributed by atoms with Crippen LogP contribution in [0.4, 0.5) is 4.79 Å². The Labute approximate surface area is 270 Å². The zero-order valence-electron chi connectivity index (χ0n) is 29.3. The van der Waals surface area contributed by atoms with Crippen LogP contribution < -0.4 is 5.32 Å². The van der Waals surface area contributed by atoms with E-state index in [1.165, 1.54) is 51.4 Å². The highest BCUT2D eigenvalue weighted by molar-refractivity contribution is 5.67. The molecule has 1 N–H and O–H groups in total. The van der Waals surface area contributed by atoms with E-state index in [4.69, 9.17) is 18.9 Å². The molecule has 0 saturated heterocycles. The molecule has 3 saturated carbocycles. The van der Waals surface area contributed by atoms with E-state index in [0.29, 0.717) is 45.0 Å². The second kappa shape index (κ2) is 17.2. The summed E-state index contributed by atoms with van der Waals surface area (Å²) in [6, 6.07) is 0. The second-order valence-corrected chi connectivity index (χ2v) is 15.7. The highest BCUT2D eigenvalue weighted by Gasteiger charge is 2.59. The largest absolute Gasteiger partial charge is 0.446 e. The van der Waals surface area contributed by atoms with E-state index < -0.39 is 0 Å². The Balaban J connectivity index is 1.17. The normalized spacial score (nSPS) is 33.7. The van der Waals surface area contributed by atoms with Crippen LogP contribution in [0.2, 0.25) is 0 Å². The molecule has 0 radical (unpaired) electrons. The smallest absolute Gasteiger partial charge is 0.407 e. The van der Waals surface area contributed by atoms with Gasteiger partial charge in [0.05, 0.1) is 26.4 Å². The molecule has 0 bridgehead atoms. The lowest BCUT2D eigenvalue weighted by atomic mass is 9.47. The number of hydrogen-bond acceptors (Lipinski definition) is 5. The van der Waals surface area contributed by atoms with Gasteiger partial charge in [-0.05, 0) is 104 Å². The zero-order chi connectivity index (χ0) is 31.6. The maximum Gasteiger partial charge on any atom is 0.407 e. The molecular weight excluding hydrogens is 550 g/mol. The molecule has 4 aliphatic carbocycles. The quantitative estimate of drug-likeness (QED) is 0.123. The van der Waals surface area contributed by atoms with Gasteiger partial charge in [0.15, 0.2) is 0 Å². The van der Waals surface area contributed by atoms with Gasteiger partial charge in [0.2, 0.25) is 0 Å². The monoisotopic (exact) mass is 618 g/mol. The van der Waals surface area contributed by atoms with Crippen LogP contribution in [0.25, 0.3) is 0 Å². The number of carbonyl (C=O) groups excluding carboxylic acids is 1. The Morgan fingerprint density at radius 1 is 0.886 bits per heavy atom. The molecule has 254 valence electrons. The topological polar surface area (TPSA) is 66.0 Å². The van der Waals surface area contributed by atoms with Crippen LogP contribution in [0.5, 0.6) is 0 Å². The molecule has 4 aliphatic rings. The molecule has 0 aromatic rings. The highest BCUT2D eigenvalue weighted by atomic mass is 16.6. The van der Waals surface area contributed by atoms with Crippen LogP contribution in [-0.4, -0.2) is 58.4 Å². The zero-order valence-corrected chi connectivity index (χ0v) is 29.3. The first-order valence-corrected chi connectivity index (χ1v) is 18.6. The first-order valence-electron chi connectivity index (χ1n) is 18.6. The molecule has 0 aromatic heterocycles. The fourth-order valence-electron chi connectivity index (χ4n) is 10.00. The summed E-state index contributed by atoms with van der Waals surface area (Å²) < 4.78 is 22.4. The van der Waals surface area contributed by atoms with Crippen LogP contribution in [0, 0.1) is 46.3 Å². The average Bonchev–Trinajstić information content (AvgIpc) is 3.35. The van der Waals surface area contributed by atoms with Crippen molar-refractivity contribution in [1.29, 1.82) is 0 Å². The van der Waals surface area contributed by atoms with Gasteiger partial charge >= 0.3 is 6.09 Å². The number of amides is 1. The lowest BCUT2D eigenvalue weighted by molar-refractivity contribution is -0.0581. The van der Waals surface area contributed by atoms with Crippen molar-refractivity contribution < 1.29 is 23.7 Å². The molecule has 3 fully saturated rings. The predicted molar refractivity (Wildman–Crippen MR) is 179 cm³/mol. The summed E-state index contributed by atoms with van der Waals surface area (Å²) in [6.45, 7) is 19.0. The van der Waals surface area contributed by atoms with Crippen molar-refractivity contribution in [2.45, 2.75) is 131 Å². The molecule has 0 spiro atoms. The van der Waals surface area contributed by atoms with Crippen molar-refractivity contribution in [3.8, 4) is 0 Å². The predicted octanol–water partition coefficient (Wildman–Crippen LogP) is 8.97. The number of allylic oxidation sites excluding steroid dienone is 1. The number of fused-ring (bicyclic) bond motifs is 5. The molecule has 0 aliphatic heterocycles. The van der Waals surface area contributed by atoms with Crippen molar-refractivity contribution >= 4 is 6.09 Å². The van der Waals surface area contributed by atoms with Gasteiger partial charge in [0.25, 0.3) is 0 Å². The van der Waals surface area contributed by atoms with E-state index >= 15 is 0 Å². The minimum absolute atomic E-state index is 0.00279. The van der Waals surface area contributed by atoms with Gasteiger partial charge in [-0.1, -0.05) is 72.5 Å².